The largest absolute Gasteiger partial charge is 0.503 e. The van der Waals surface area contributed by atoms with Crippen LogP contribution in [0, 0.1) is 17.5 Å². The van der Waals surface area contributed by atoms with Gasteiger partial charge in [-0.15, -0.1) is 0 Å². The van der Waals surface area contributed by atoms with Crippen LogP contribution in [-0.4, -0.2) is 62.4 Å². The van der Waals surface area contributed by atoms with Gasteiger partial charge >= 0.3 is 0 Å². The topological polar surface area (TPSA) is 118 Å². The van der Waals surface area contributed by atoms with Crippen LogP contribution in [-0.2, 0) is 11.4 Å². The molecule has 4 heterocycles. The minimum Gasteiger partial charge on any atom is -0.503 e. The Kier molecular flexibility index (Phi) is 6.46. The zero-order valence-corrected chi connectivity index (χ0v) is 20.4. The molecular formula is C25H26F4N4O5. The van der Waals surface area contributed by atoms with Gasteiger partial charge in [-0.05, 0) is 32.6 Å². The molecule has 1 aromatic heterocycles. The summed E-state index contributed by atoms with van der Waals surface area (Å²) >= 11 is 0. The fourth-order valence-corrected chi connectivity index (χ4v) is 5.92. The van der Waals surface area contributed by atoms with E-state index in [1.54, 1.807) is 6.92 Å². The standard InChI is InChI=1S/C25H26F4N4O5/c1-12-2-4-25(8-14(3-5-26)33(38-25)10-15-17(28)6-13(27)7-18(15)29)19-11-31(12)24(37)20-22(35)21(34)16(23(30)36)9-32(19)20/h6-7,9,12,14,19,35H,2-5,8,10-11H2,1H3,(H2,30,36)/t12-,14?,19+,25-/m0/s1. The summed E-state index contributed by atoms with van der Waals surface area (Å²) in [5.41, 5.74) is 1.80. The number of halogens is 4. The Morgan fingerprint density at radius 3 is 2.55 bits per heavy atom. The zero-order valence-electron chi connectivity index (χ0n) is 20.4. The van der Waals surface area contributed by atoms with E-state index in [1.165, 1.54) is 14.5 Å². The third kappa shape index (κ3) is 4.04. The monoisotopic (exact) mass is 538 g/mol. The molecule has 13 heteroatoms. The quantitative estimate of drug-likeness (QED) is 0.565. The summed E-state index contributed by atoms with van der Waals surface area (Å²) in [5.74, 6) is -5.94. The lowest BCUT2D eigenvalue weighted by molar-refractivity contribution is -0.228. The van der Waals surface area contributed by atoms with Crippen molar-refractivity contribution in [2.45, 2.75) is 62.9 Å². The number of aromatic hydroxyl groups is 1. The molecule has 0 aliphatic carbocycles. The Bertz CT molecular complexity index is 1360. The summed E-state index contributed by atoms with van der Waals surface area (Å²) < 4.78 is 57.3. The van der Waals surface area contributed by atoms with Crippen molar-refractivity contribution < 1.29 is 37.1 Å². The summed E-state index contributed by atoms with van der Waals surface area (Å²) in [6.45, 7) is 0.676. The van der Waals surface area contributed by atoms with E-state index in [4.69, 9.17) is 10.6 Å². The van der Waals surface area contributed by atoms with Gasteiger partial charge in [0, 0.05) is 42.5 Å². The van der Waals surface area contributed by atoms with E-state index >= 15 is 0 Å². The third-order valence-electron chi connectivity index (χ3n) is 7.92. The molecule has 3 aliphatic heterocycles. The number of carbonyl (C=O) groups excluding carboxylic acids is 2. The van der Waals surface area contributed by atoms with E-state index in [-0.39, 0.29) is 31.1 Å². The van der Waals surface area contributed by atoms with Crippen molar-refractivity contribution in [3.05, 3.63) is 62.8 Å². The summed E-state index contributed by atoms with van der Waals surface area (Å²) in [5, 5.41) is 11.9. The first-order valence-corrected chi connectivity index (χ1v) is 12.2. The number of hydroxylamine groups is 2. The predicted molar refractivity (Wildman–Crippen MR) is 124 cm³/mol. The highest BCUT2D eigenvalue weighted by Crippen LogP contribution is 2.49. The lowest BCUT2D eigenvalue weighted by Gasteiger charge is -2.42. The number of rotatable bonds is 5. The molecule has 38 heavy (non-hydrogen) atoms. The van der Waals surface area contributed by atoms with E-state index in [9.17, 15) is 37.1 Å². The van der Waals surface area contributed by atoms with Crippen LogP contribution in [0.15, 0.2) is 23.1 Å². The molecule has 1 aromatic carbocycles. The number of primary amides is 1. The van der Waals surface area contributed by atoms with Gasteiger partial charge in [-0.25, -0.2) is 13.2 Å². The van der Waals surface area contributed by atoms with Crippen LogP contribution in [0.1, 0.15) is 65.1 Å². The fraction of sp³-hybridized carbons (Fsp3) is 0.480. The minimum atomic E-state index is -1.16. The molecule has 2 fully saturated rings. The number of alkyl halides is 1. The van der Waals surface area contributed by atoms with Crippen molar-refractivity contribution in [3.8, 4) is 5.75 Å². The maximum atomic E-state index is 14.5. The minimum absolute atomic E-state index is 0.0358. The molecule has 2 amide bonds. The molecule has 1 spiro atoms. The number of nitrogens with zero attached hydrogens (tertiary/aromatic N) is 3. The first kappa shape index (κ1) is 26.2. The normalized spacial score (nSPS) is 27.0. The van der Waals surface area contributed by atoms with Crippen LogP contribution in [0.25, 0.3) is 0 Å². The van der Waals surface area contributed by atoms with Crippen molar-refractivity contribution in [2.24, 2.45) is 5.73 Å². The van der Waals surface area contributed by atoms with Crippen LogP contribution in [0.4, 0.5) is 17.6 Å². The first-order valence-electron chi connectivity index (χ1n) is 12.2. The van der Waals surface area contributed by atoms with Crippen molar-refractivity contribution >= 4 is 11.8 Å². The van der Waals surface area contributed by atoms with E-state index in [2.05, 4.69) is 0 Å². The second-order valence-corrected chi connectivity index (χ2v) is 10.1. The van der Waals surface area contributed by atoms with Crippen molar-refractivity contribution in [3.63, 3.8) is 0 Å². The molecule has 1 unspecified atom stereocenters. The number of benzene rings is 1. The molecule has 3 N–H and O–H groups in total. The van der Waals surface area contributed by atoms with Gasteiger partial charge in [-0.3, -0.25) is 23.6 Å². The third-order valence-corrected chi connectivity index (χ3v) is 7.92. The molecule has 4 atom stereocenters. The number of pyridine rings is 1. The molecule has 2 bridgehead atoms. The van der Waals surface area contributed by atoms with E-state index in [0.29, 0.717) is 25.0 Å². The maximum Gasteiger partial charge on any atom is 0.274 e. The van der Waals surface area contributed by atoms with Crippen molar-refractivity contribution in [2.75, 3.05) is 13.2 Å². The fourth-order valence-electron chi connectivity index (χ4n) is 5.92. The maximum absolute atomic E-state index is 14.5. The number of hydrogen-bond donors (Lipinski definition) is 2. The second-order valence-electron chi connectivity index (χ2n) is 10.1. The molecule has 0 saturated carbocycles. The summed E-state index contributed by atoms with van der Waals surface area (Å²) in [4.78, 5) is 45.7. The summed E-state index contributed by atoms with van der Waals surface area (Å²) in [6, 6.07) is -0.636. The Labute approximate surface area is 214 Å². The van der Waals surface area contributed by atoms with E-state index < -0.39 is 82.5 Å². The number of aromatic nitrogens is 1. The summed E-state index contributed by atoms with van der Waals surface area (Å²) in [7, 11) is 0. The Morgan fingerprint density at radius 1 is 1.24 bits per heavy atom. The van der Waals surface area contributed by atoms with E-state index in [1.807, 2.05) is 0 Å². The van der Waals surface area contributed by atoms with Crippen molar-refractivity contribution in [1.82, 2.24) is 14.5 Å². The number of carbonyl (C=O) groups is 2. The molecule has 9 nitrogen and oxygen atoms in total. The molecule has 0 radical (unpaired) electrons. The van der Waals surface area contributed by atoms with Crippen LogP contribution < -0.4 is 11.2 Å². The Balaban J connectivity index is 1.62. The van der Waals surface area contributed by atoms with Gasteiger partial charge in [0.25, 0.3) is 11.8 Å². The zero-order chi connectivity index (χ0) is 27.5. The highest BCUT2D eigenvalue weighted by Gasteiger charge is 2.56. The average Bonchev–Trinajstić information content (AvgIpc) is 3.13. The lowest BCUT2D eigenvalue weighted by Crippen LogP contribution is -2.52. The number of hydrogen-bond acceptors (Lipinski definition) is 6. The first-order chi connectivity index (χ1) is 18.0. The molecular weight excluding hydrogens is 512 g/mol. The van der Waals surface area contributed by atoms with Gasteiger partial charge in [-0.2, -0.15) is 5.06 Å². The smallest absolute Gasteiger partial charge is 0.274 e. The number of amides is 2. The lowest BCUT2D eigenvalue weighted by atomic mass is 9.83. The van der Waals surface area contributed by atoms with Crippen LogP contribution in [0.3, 0.4) is 0 Å². The predicted octanol–water partition coefficient (Wildman–Crippen LogP) is 2.55. The van der Waals surface area contributed by atoms with Gasteiger partial charge in [0.05, 0.1) is 19.3 Å². The molecule has 2 saturated heterocycles. The van der Waals surface area contributed by atoms with Gasteiger partial charge in [0.15, 0.2) is 11.4 Å². The van der Waals surface area contributed by atoms with Crippen molar-refractivity contribution in [1.29, 1.82) is 0 Å². The molecule has 2 aromatic rings. The van der Waals surface area contributed by atoms with Crippen LogP contribution in [0.2, 0.25) is 0 Å². The second kappa shape index (κ2) is 9.38. The van der Waals surface area contributed by atoms with Crippen LogP contribution in [0.5, 0.6) is 5.75 Å². The molecule has 3 aliphatic rings. The van der Waals surface area contributed by atoms with Gasteiger partial charge < -0.3 is 20.3 Å². The Hall–Kier alpha value is -3.45. The SMILES string of the molecule is C[C@H]1CC[C@]2(CC(CCF)N(Cc3c(F)cc(F)cc3F)O2)[C@H]2CN1C(=O)c1c(O)c(=O)c(C(N)=O)cn12. The van der Waals surface area contributed by atoms with Gasteiger partial charge in [-0.1, -0.05) is 0 Å². The average molecular weight is 538 g/mol. The molecule has 204 valence electrons. The van der Waals surface area contributed by atoms with Gasteiger partial charge in [0.1, 0.15) is 28.6 Å². The highest BCUT2D eigenvalue weighted by atomic mass is 19.1. The number of nitrogens with two attached hydrogens (primary N) is 1. The number of fused-ring (bicyclic) bond motifs is 5. The highest BCUT2D eigenvalue weighted by molar-refractivity contribution is 5.99. The summed E-state index contributed by atoms with van der Waals surface area (Å²) in [6.07, 6.45) is 2.02. The van der Waals surface area contributed by atoms with Gasteiger partial charge in [0.2, 0.25) is 5.43 Å². The molecule has 5 rings (SSSR count). The Morgan fingerprint density at radius 2 is 1.92 bits per heavy atom. The van der Waals surface area contributed by atoms with Crippen LogP contribution >= 0.6 is 0 Å². The van der Waals surface area contributed by atoms with E-state index in [0.717, 1.165) is 6.20 Å².